The van der Waals surface area contributed by atoms with E-state index in [4.69, 9.17) is 42.2 Å². The molecule has 0 aromatic carbocycles. The highest BCUT2D eigenvalue weighted by Gasteiger charge is 2.58. The number of hydrogen-bond acceptors (Lipinski definition) is 23. The first-order valence-corrected chi connectivity index (χ1v) is 40.0. The van der Waals surface area contributed by atoms with Gasteiger partial charge in [-0.15, -0.1) is 0 Å². The van der Waals surface area contributed by atoms with Gasteiger partial charge in [-0.1, -0.05) is 251 Å². The van der Waals surface area contributed by atoms with Gasteiger partial charge in [-0.05, 0) is 44.9 Å². The second kappa shape index (κ2) is 55.2. The molecule has 2 aliphatic heterocycles. The highest BCUT2D eigenvalue weighted by atomic mass is 31.2. The zero-order valence-electron chi connectivity index (χ0n) is 60.1. The predicted molar refractivity (Wildman–Crippen MR) is 370 cm³/mol. The molecule has 2 heterocycles. The Bertz CT molecular complexity index is 2080. The van der Waals surface area contributed by atoms with Crippen LogP contribution in [0, 0.1) is 0 Å². The quantitative estimate of drug-likeness (QED) is 0.00886. The van der Waals surface area contributed by atoms with E-state index in [1.54, 1.807) is 0 Å². The summed E-state index contributed by atoms with van der Waals surface area (Å²) in [6, 6.07) is 0. The molecule has 18 unspecified atom stereocenters. The molecule has 3 aliphatic rings. The molecule has 11 N–H and O–H groups in total. The van der Waals surface area contributed by atoms with Gasteiger partial charge in [-0.25, -0.2) is 4.57 Å². The van der Waals surface area contributed by atoms with Gasteiger partial charge in [0.05, 0.1) is 13.2 Å². The molecule has 2 saturated heterocycles. The van der Waals surface area contributed by atoms with Crippen molar-refractivity contribution in [2.75, 3.05) is 26.4 Å². The number of aliphatic hydroxyl groups is 10. The molecule has 25 heteroatoms. The topological polar surface area (TPSA) is 374 Å². The monoisotopic (exact) mass is 1430 g/mol. The Kier molecular flexibility index (Phi) is 50.7. The van der Waals surface area contributed by atoms with Gasteiger partial charge in [0.1, 0.15) is 98.7 Å². The molecule has 0 radical (unpaired) electrons. The normalized spacial score (nSPS) is 27.7. The van der Waals surface area contributed by atoms with Gasteiger partial charge in [-0.2, -0.15) is 0 Å². The summed E-state index contributed by atoms with van der Waals surface area (Å²) in [6.45, 7) is 3.45. The minimum atomic E-state index is -5.70. The Labute approximate surface area is 586 Å². The summed E-state index contributed by atoms with van der Waals surface area (Å²) in [4.78, 5) is 51.0. The van der Waals surface area contributed by atoms with Crippen molar-refractivity contribution in [1.82, 2.24) is 0 Å². The molecular formula is C73H135O24P. The Morgan fingerprint density at radius 3 is 1.11 bits per heavy atom. The number of carbonyl (C=O) groups excluding carboxylic acids is 3. The standard InChI is InChI=1S/C73H135O24P/c1-4-7-10-13-16-19-22-25-27-28-31-33-35-38-41-44-47-57(75)89-51-54(92-59(77)49-46-43-40-37-34-30-26-23-20-17-14-11-8-5-2)52-91-98(87,88)97-71-69(95-72-67(85)62(80)60(78)55(50-74)93-72)65(83)64(82)66(84)70(71)96-73-68(86)63(81)61(79)56(94-73)53-90-58(76)48-45-42-39-36-32-29-24-21-18-15-12-9-6-3/h30,34,54-56,60-74,78-86H,4-29,31-33,35-53H2,1-3H3,(H,87,88)/b34-30-. The van der Waals surface area contributed by atoms with E-state index in [1.807, 2.05) is 0 Å². The zero-order chi connectivity index (χ0) is 71.8. The van der Waals surface area contributed by atoms with Crippen molar-refractivity contribution in [3.63, 3.8) is 0 Å². The summed E-state index contributed by atoms with van der Waals surface area (Å²) < 4.78 is 65.0. The smallest absolute Gasteiger partial charge is 0.463 e. The lowest BCUT2D eigenvalue weighted by Crippen LogP contribution is -2.69. The number of phosphoric acid groups is 1. The molecule has 0 bridgehead atoms. The van der Waals surface area contributed by atoms with Crippen LogP contribution in [0.5, 0.6) is 0 Å². The molecule has 576 valence electrons. The van der Waals surface area contributed by atoms with Gasteiger partial charge in [0.25, 0.3) is 0 Å². The lowest BCUT2D eigenvalue weighted by Gasteiger charge is -2.49. The van der Waals surface area contributed by atoms with Gasteiger partial charge >= 0.3 is 25.7 Å². The van der Waals surface area contributed by atoms with Gasteiger partial charge in [0.2, 0.25) is 0 Å². The number of unbranched alkanes of at least 4 members (excludes halogenated alkanes) is 37. The SMILES string of the molecule is CCCCCCCCC/C=C\CCCCCC(=O)OC(COC(=O)CCCCCCCCCCCCCCCCCC)COP(=O)(O)OC1C(OC2OC(CO)C(O)C(O)C2O)C(O)C(O)C(O)C1OC1OC(COC(=O)CCCCCCCCCCCCCCC)C(O)C(O)C1O. The molecule has 18 atom stereocenters. The average molecular weight is 1430 g/mol. The number of phosphoric ester groups is 1. The summed E-state index contributed by atoms with van der Waals surface area (Å²) in [5, 5.41) is 110. The Hall–Kier alpha value is -2.30. The highest BCUT2D eigenvalue weighted by Crippen LogP contribution is 2.49. The predicted octanol–water partition coefficient (Wildman–Crippen LogP) is 10.7. The Morgan fingerprint density at radius 1 is 0.388 bits per heavy atom. The van der Waals surface area contributed by atoms with E-state index in [-0.39, 0.29) is 19.3 Å². The van der Waals surface area contributed by atoms with Crippen LogP contribution in [0.3, 0.4) is 0 Å². The molecule has 0 amide bonds. The molecular weight excluding hydrogens is 1290 g/mol. The molecule has 1 aliphatic carbocycles. The van der Waals surface area contributed by atoms with Crippen molar-refractivity contribution in [2.24, 2.45) is 0 Å². The number of ether oxygens (including phenoxy) is 7. The van der Waals surface area contributed by atoms with Crippen LogP contribution in [-0.4, -0.2) is 204 Å². The highest BCUT2D eigenvalue weighted by molar-refractivity contribution is 7.47. The Morgan fingerprint density at radius 2 is 0.714 bits per heavy atom. The lowest BCUT2D eigenvalue weighted by atomic mass is 9.84. The van der Waals surface area contributed by atoms with Gasteiger partial charge in [0.15, 0.2) is 18.7 Å². The van der Waals surface area contributed by atoms with Crippen LogP contribution >= 0.6 is 7.82 Å². The van der Waals surface area contributed by atoms with Crippen molar-refractivity contribution >= 4 is 25.7 Å². The third-order valence-electron chi connectivity index (χ3n) is 19.0. The van der Waals surface area contributed by atoms with Crippen LogP contribution in [0.2, 0.25) is 0 Å². The number of esters is 3. The fraction of sp³-hybridized carbons (Fsp3) is 0.932. The van der Waals surface area contributed by atoms with Crippen LogP contribution in [0.15, 0.2) is 12.2 Å². The molecule has 98 heavy (non-hydrogen) atoms. The fourth-order valence-corrected chi connectivity index (χ4v) is 13.7. The number of hydrogen-bond donors (Lipinski definition) is 11. The number of aliphatic hydroxyl groups excluding tert-OH is 10. The van der Waals surface area contributed by atoms with Crippen LogP contribution in [0.4, 0.5) is 0 Å². The summed E-state index contributed by atoms with van der Waals surface area (Å²) in [5.74, 6) is -2.00. The van der Waals surface area contributed by atoms with Gasteiger partial charge in [-0.3, -0.25) is 23.4 Å². The maximum absolute atomic E-state index is 14.3. The van der Waals surface area contributed by atoms with Crippen molar-refractivity contribution in [1.29, 1.82) is 0 Å². The second-order valence-electron chi connectivity index (χ2n) is 27.7. The van der Waals surface area contributed by atoms with Crippen molar-refractivity contribution in [3.05, 3.63) is 12.2 Å². The summed E-state index contributed by atoms with van der Waals surface area (Å²) in [7, 11) is -5.70. The van der Waals surface area contributed by atoms with Gasteiger partial charge in [0, 0.05) is 19.3 Å². The second-order valence-corrected chi connectivity index (χ2v) is 29.1. The van der Waals surface area contributed by atoms with Crippen LogP contribution in [0.25, 0.3) is 0 Å². The van der Waals surface area contributed by atoms with E-state index < -0.39 is 156 Å². The van der Waals surface area contributed by atoms with E-state index in [1.165, 1.54) is 154 Å². The summed E-state index contributed by atoms with van der Waals surface area (Å²) in [5.41, 5.74) is 0. The first kappa shape index (κ1) is 89.9. The number of rotatable bonds is 60. The molecule has 0 aromatic heterocycles. The first-order chi connectivity index (χ1) is 47.3. The molecule has 1 saturated carbocycles. The van der Waals surface area contributed by atoms with Crippen LogP contribution in [0.1, 0.15) is 303 Å². The largest absolute Gasteiger partial charge is 0.472 e. The molecule has 0 spiro atoms. The van der Waals surface area contributed by atoms with E-state index >= 15 is 0 Å². The maximum atomic E-state index is 14.3. The molecule has 3 rings (SSSR count). The van der Waals surface area contributed by atoms with E-state index in [0.29, 0.717) is 25.7 Å². The summed E-state index contributed by atoms with van der Waals surface area (Å²) in [6.07, 6.45) is 14.2. The first-order valence-electron chi connectivity index (χ1n) is 38.5. The Balaban J connectivity index is 1.73. The van der Waals surface area contributed by atoms with Gasteiger partial charge < -0.3 is 89.1 Å². The third-order valence-corrected chi connectivity index (χ3v) is 20.0. The van der Waals surface area contributed by atoms with Crippen LogP contribution < -0.4 is 0 Å². The molecule has 24 nitrogen and oxygen atoms in total. The van der Waals surface area contributed by atoms with Crippen molar-refractivity contribution in [2.45, 2.75) is 407 Å². The average Bonchev–Trinajstić information content (AvgIpc) is 0.762. The summed E-state index contributed by atoms with van der Waals surface area (Å²) >= 11 is 0. The number of carbonyl (C=O) groups is 3. The van der Waals surface area contributed by atoms with Crippen molar-refractivity contribution in [3.8, 4) is 0 Å². The zero-order valence-corrected chi connectivity index (χ0v) is 61.0. The van der Waals surface area contributed by atoms with Crippen LogP contribution in [-0.2, 0) is 61.2 Å². The molecule has 0 aromatic rings. The van der Waals surface area contributed by atoms with E-state index in [2.05, 4.69) is 32.9 Å². The van der Waals surface area contributed by atoms with E-state index in [0.717, 1.165) is 83.5 Å². The maximum Gasteiger partial charge on any atom is 0.472 e. The minimum Gasteiger partial charge on any atom is -0.463 e. The third kappa shape index (κ3) is 37.9. The fourth-order valence-electron chi connectivity index (χ4n) is 12.8. The van der Waals surface area contributed by atoms with Crippen molar-refractivity contribution < 1.29 is 117 Å². The minimum absolute atomic E-state index is 0.0317. The van der Waals surface area contributed by atoms with E-state index in [9.17, 15) is 74.9 Å². The molecule has 3 fully saturated rings. The lowest BCUT2D eigenvalue weighted by molar-refractivity contribution is -0.360. The number of allylic oxidation sites excluding steroid dienone is 2.